The molecule has 4 rings (SSSR count). The third-order valence-corrected chi connectivity index (χ3v) is 4.83. The lowest BCUT2D eigenvalue weighted by atomic mass is 10.1. The molecular weight excluding hydrogens is 342 g/mol. The summed E-state index contributed by atoms with van der Waals surface area (Å²) in [6.45, 7) is 1.58. The fourth-order valence-corrected chi connectivity index (χ4v) is 3.35. The minimum Gasteiger partial charge on any atom is -0.484 e. The summed E-state index contributed by atoms with van der Waals surface area (Å²) in [6, 6.07) is 16.1. The predicted octanol–water partition coefficient (Wildman–Crippen LogP) is 3.85. The highest BCUT2D eigenvalue weighted by Crippen LogP contribution is 2.24. The molecule has 5 heteroatoms. The Morgan fingerprint density at radius 1 is 1.00 bits per heavy atom. The van der Waals surface area contributed by atoms with Crippen LogP contribution in [0.1, 0.15) is 19.3 Å². The zero-order valence-electron chi connectivity index (χ0n) is 15.0. The van der Waals surface area contributed by atoms with Gasteiger partial charge in [-0.05, 0) is 37.5 Å². The molecule has 1 aromatic heterocycles. The molecule has 1 amide bonds. The second kappa shape index (κ2) is 7.66. The molecule has 3 aromatic rings. The van der Waals surface area contributed by atoms with Gasteiger partial charge < -0.3 is 14.1 Å². The molecule has 1 saturated heterocycles. The zero-order chi connectivity index (χ0) is 18.6. The number of benzene rings is 2. The lowest BCUT2D eigenvalue weighted by molar-refractivity contribution is -0.134. The lowest BCUT2D eigenvalue weighted by Crippen LogP contribution is -2.38. The molecule has 1 fully saturated rings. The number of rotatable bonds is 4. The summed E-state index contributed by atoms with van der Waals surface area (Å²) in [5.41, 5.74) is 1.21. The van der Waals surface area contributed by atoms with E-state index in [4.69, 9.17) is 9.15 Å². The molecule has 0 N–H and O–H groups in total. The van der Waals surface area contributed by atoms with Gasteiger partial charge in [-0.15, -0.1) is 0 Å². The number of nitrogens with zero attached hydrogens (tertiary/aromatic N) is 1. The second-order valence-corrected chi connectivity index (χ2v) is 6.73. The number of amides is 1. The predicted molar refractivity (Wildman–Crippen MR) is 104 cm³/mol. The molecule has 0 spiro atoms. The smallest absolute Gasteiger partial charge is 0.260 e. The van der Waals surface area contributed by atoms with E-state index in [0.717, 1.165) is 31.5 Å². The van der Waals surface area contributed by atoms with Crippen LogP contribution in [0.4, 0.5) is 0 Å². The van der Waals surface area contributed by atoms with Crippen molar-refractivity contribution in [3.05, 3.63) is 64.8 Å². The van der Waals surface area contributed by atoms with Crippen LogP contribution in [-0.2, 0) is 4.79 Å². The van der Waals surface area contributed by atoms with Crippen LogP contribution in [0, 0.1) is 0 Å². The van der Waals surface area contributed by atoms with E-state index in [1.54, 1.807) is 18.2 Å². The van der Waals surface area contributed by atoms with Crippen LogP contribution >= 0.6 is 0 Å². The zero-order valence-corrected chi connectivity index (χ0v) is 15.0. The molecule has 27 heavy (non-hydrogen) atoms. The summed E-state index contributed by atoms with van der Waals surface area (Å²) in [5.74, 6) is 1.01. The molecular formula is C22H21NO4. The van der Waals surface area contributed by atoms with Crippen molar-refractivity contribution in [1.29, 1.82) is 0 Å². The molecule has 2 aromatic carbocycles. The number of likely N-dealkylation sites (tertiary alicyclic amines) is 1. The van der Waals surface area contributed by atoms with Gasteiger partial charge >= 0.3 is 0 Å². The van der Waals surface area contributed by atoms with Gasteiger partial charge in [0.25, 0.3) is 5.91 Å². The van der Waals surface area contributed by atoms with E-state index in [1.807, 2.05) is 35.2 Å². The highest BCUT2D eigenvalue weighted by Gasteiger charge is 2.17. The lowest BCUT2D eigenvalue weighted by Gasteiger charge is -2.26. The van der Waals surface area contributed by atoms with E-state index in [-0.39, 0.29) is 17.9 Å². The second-order valence-electron chi connectivity index (χ2n) is 6.73. The van der Waals surface area contributed by atoms with Crippen molar-refractivity contribution in [2.24, 2.45) is 0 Å². The summed E-state index contributed by atoms with van der Waals surface area (Å²) in [7, 11) is 0. The van der Waals surface area contributed by atoms with Crippen LogP contribution in [0.2, 0.25) is 0 Å². The van der Waals surface area contributed by atoms with Gasteiger partial charge in [0, 0.05) is 24.7 Å². The number of piperidine rings is 1. The summed E-state index contributed by atoms with van der Waals surface area (Å²) in [6.07, 6.45) is 3.27. The fraction of sp³-hybridized carbons (Fsp3) is 0.273. The molecule has 0 unspecified atom stereocenters. The summed E-state index contributed by atoms with van der Waals surface area (Å²) in [5, 5.41) is 0.442. The van der Waals surface area contributed by atoms with Crippen molar-refractivity contribution in [1.82, 2.24) is 4.90 Å². The van der Waals surface area contributed by atoms with Crippen molar-refractivity contribution < 1.29 is 13.9 Å². The SMILES string of the molecule is O=C(COc1ccc2oc(-c3ccccc3)cc(=O)c2c1)N1CCCCC1. The van der Waals surface area contributed by atoms with Gasteiger partial charge in [0.05, 0.1) is 5.39 Å². The fourth-order valence-electron chi connectivity index (χ4n) is 3.35. The summed E-state index contributed by atoms with van der Waals surface area (Å²) < 4.78 is 11.5. The van der Waals surface area contributed by atoms with Crippen LogP contribution in [0.25, 0.3) is 22.3 Å². The molecule has 0 saturated carbocycles. The first-order valence-electron chi connectivity index (χ1n) is 9.24. The molecule has 5 nitrogen and oxygen atoms in total. The van der Waals surface area contributed by atoms with Crippen LogP contribution in [-0.4, -0.2) is 30.5 Å². The van der Waals surface area contributed by atoms with Crippen molar-refractivity contribution in [2.75, 3.05) is 19.7 Å². The van der Waals surface area contributed by atoms with E-state index in [9.17, 15) is 9.59 Å². The Morgan fingerprint density at radius 3 is 2.56 bits per heavy atom. The number of carbonyl (C=O) groups is 1. The highest BCUT2D eigenvalue weighted by atomic mass is 16.5. The number of hydrogen-bond donors (Lipinski definition) is 0. The number of fused-ring (bicyclic) bond motifs is 1. The molecule has 138 valence electrons. The van der Waals surface area contributed by atoms with E-state index >= 15 is 0 Å². The Bertz CT molecular complexity index is 1000. The molecule has 0 aliphatic carbocycles. The Balaban J connectivity index is 1.53. The largest absolute Gasteiger partial charge is 0.484 e. The van der Waals surface area contributed by atoms with Gasteiger partial charge in [0.15, 0.2) is 12.0 Å². The number of carbonyl (C=O) groups excluding carboxylic acids is 1. The minimum atomic E-state index is -0.136. The van der Waals surface area contributed by atoms with Gasteiger partial charge in [-0.25, -0.2) is 0 Å². The third-order valence-electron chi connectivity index (χ3n) is 4.83. The van der Waals surface area contributed by atoms with Crippen LogP contribution in [0.3, 0.4) is 0 Å². The number of hydrogen-bond acceptors (Lipinski definition) is 4. The third kappa shape index (κ3) is 3.87. The first kappa shape index (κ1) is 17.3. The Hall–Kier alpha value is -3.08. The molecule has 0 radical (unpaired) electrons. The van der Waals surface area contributed by atoms with Crippen molar-refractivity contribution >= 4 is 16.9 Å². The van der Waals surface area contributed by atoms with Crippen LogP contribution < -0.4 is 10.2 Å². The number of ether oxygens (including phenoxy) is 1. The topological polar surface area (TPSA) is 59.8 Å². The normalized spacial score (nSPS) is 14.3. The molecule has 0 bridgehead atoms. The Morgan fingerprint density at radius 2 is 1.78 bits per heavy atom. The highest BCUT2D eigenvalue weighted by molar-refractivity contribution is 5.81. The monoisotopic (exact) mass is 363 g/mol. The van der Waals surface area contributed by atoms with Gasteiger partial charge in [0.2, 0.25) is 0 Å². The van der Waals surface area contributed by atoms with Gasteiger partial charge in [-0.3, -0.25) is 9.59 Å². The molecule has 1 aliphatic heterocycles. The minimum absolute atomic E-state index is 0.0127. The van der Waals surface area contributed by atoms with Crippen LogP contribution in [0.5, 0.6) is 5.75 Å². The van der Waals surface area contributed by atoms with Crippen molar-refractivity contribution in [2.45, 2.75) is 19.3 Å². The average Bonchev–Trinajstić information content (AvgIpc) is 2.73. The van der Waals surface area contributed by atoms with E-state index in [0.29, 0.717) is 22.5 Å². The average molecular weight is 363 g/mol. The first-order chi connectivity index (χ1) is 13.2. The van der Waals surface area contributed by atoms with E-state index < -0.39 is 0 Å². The van der Waals surface area contributed by atoms with Gasteiger partial charge in [-0.1, -0.05) is 30.3 Å². The first-order valence-corrected chi connectivity index (χ1v) is 9.24. The van der Waals surface area contributed by atoms with Gasteiger partial charge in [-0.2, -0.15) is 0 Å². The van der Waals surface area contributed by atoms with E-state index in [2.05, 4.69) is 0 Å². The molecule has 1 aliphatic rings. The summed E-state index contributed by atoms with van der Waals surface area (Å²) in [4.78, 5) is 26.6. The Kier molecular flexibility index (Phi) is 4.92. The Labute approximate surface area is 157 Å². The van der Waals surface area contributed by atoms with Crippen molar-refractivity contribution in [3.8, 4) is 17.1 Å². The molecule has 0 atom stereocenters. The summed E-state index contributed by atoms with van der Waals surface area (Å²) >= 11 is 0. The standard InChI is InChI=1S/C22H21NO4/c24-19-14-21(16-7-3-1-4-8-16)27-20-10-9-17(13-18(19)20)26-15-22(25)23-11-5-2-6-12-23/h1,3-4,7-10,13-14H,2,5-6,11-12,15H2. The van der Waals surface area contributed by atoms with Crippen molar-refractivity contribution in [3.63, 3.8) is 0 Å². The van der Waals surface area contributed by atoms with Crippen LogP contribution in [0.15, 0.2) is 63.8 Å². The van der Waals surface area contributed by atoms with Gasteiger partial charge in [0.1, 0.15) is 17.1 Å². The maximum Gasteiger partial charge on any atom is 0.260 e. The quantitative estimate of drug-likeness (QED) is 0.706. The maximum atomic E-state index is 12.5. The maximum absolute atomic E-state index is 12.5. The van der Waals surface area contributed by atoms with E-state index in [1.165, 1.54) is 12.5 Å². The molecule has 2 heterocycles.